The van der Waals surface area contributed by atoms with Gasteiger partial charge in [-0.05, 0) is 51.0 Å². The van der Waals surface area contributed by atoms with Crippen molar-refractivity contribution < 1.29 is 19.1 Å². The molecule has 126 valence electrons. The Morgan fingerprint density at radius 3 is 2.43 bits per heavy atom. The standard InChI is InChI=1S/C18H25NO4/c1-3-22-18(21)13(2)23-16-11-9-14(10-12-16)17(20)19-15-7-5-4-6-8-15/h9-13,15H,3-8H2,1-2H3,(H,19,20)/t13-/m1/s1. The highest BCUT2D eigenvalue weighted by atomic mass is 16.6. The smallest absolute Gasteiger partial charge is 0.347 e. The maximum atomic E-state index is 12.2. The van der Waals surface area contributed by atoms with Crippen LogP contribution in [0.3, 0.4) is 0 Å². The third-order valence-electron chi connectivity index (χ3n) is 3.99. The highest BCUT2D eigenvalue weighted by Gasteiger charge is 2.18. The Kier molecular flexibility index (Phi) is 6.44. The average molecular weight is 319 g/mol. The van der Waals surface area contributed by atoms with Crippen LogP contribution in [-0.4, -0.2) is 30.6 Å². The van der Waals surface area contributed by atoms with E-state index >= 15 is 0 Å². The third-order valence-corrected chi connectivity index (χ3v) is 3.99. The van der Waals surface area contributed by atoms with Crippen LogP contribution in [0.15, 0.2) is 24.3 Å². The van der Waals surface area contributed by atoms with Crippen molar-refractivity contribution in [3.63, 3.8) is 0 Å². The molecule has 0 bridgehead atoms. The van der Waals surface area contributed by atoms with Gasteiger partial charge in [-0.2, -0.15) is 0 Å². The molecule has 1 atom stereocenters. The van der Waals surface area contributed by atoms with Crippen LogP contribution in [0.5, 0.6) is 5.75 Å². The summed E-state index contributed by atoms with van der Waals surface area (Å²) in [6, 6.07) is 7.12. The van der Waals surface area contributed by atoms with Crippen LogP contribution in [0.4, 0.5) is 0 Å². The molecule has 0 saturated heterocycles. The first-order valence-corrected chi connectivity index (χ1v) is 8.34. The minimum absolute atomic E-state index is 0.0538. The maximum absolute atomic E-state index is 12.2. The lowest BCUT2D eigenvalue weighted by atomic mass is 9.95. The van der Waals surface area contributed by atoms with E-state index in [1.54, 1.807) is 38.1 Å². The monoisotopic (exact) mass is 319 g/mol. The summed E-state index contributed by atoms with van der Waals surface area (Å²) in [6.07, 6.45) is 5.08. The van der Waals surface area contributed by atoms with Crippen molar-refractivity contribution in [1.82, 2.24) is 5.32 Å². The van der Waals surface area contributed by atoms with Crippen molar-refractivity contribution in [3.8, 4) is 5.75 Å². The van der Waals surface area contributed by atoms with Crippen molar-refractivity contribution in [3.05, 3.63) is 29.8 Å². The third kappa shape index (κ3) is 5.27. The second kappa shape index (κ2) is 8.56. The summed E-state index contributed by atoms with van der Waals surface area (Å²) in [5.74, 6) is 0.0910. The number of hydrogen-bond acceptors (Lipinski definition) is 4. The molecule has 1 aromatic carbocycles. The fraction of sp³-hybridized carbons (Fsp3) is 0.556. The molecule has 1 amide bonds. The zero-order valence-electron chi connectivity index (χ0n) is 13.8. The molecule has 0 spiro atoms. The van der Waals surface area contributed by atoms with Gasteiger partial charge < -0.3 is 14.8 Å². The van der Waals surface area contributed by atoms with Crippen LogP contribution >= 0.6 is 0 Å². The molecule has 1 N–H and O–H groups in total. The number of hydrogen-bond donors (Lipinski definition) is 1. The normalized spacial score (nSPS) is 16.4. The van der Waals surface area contributed by atoms with Crippen LogP contribution < -0.4 is 10.1 Å². The van der Waals surface area contributed by atoms with Crippen molar-refractivity contribution >= 4 is 11.9 Å². The van der Waals surface area contributed by atoms with Gasteiger partial charge in [0, 0.05) is 11.6 Å². The summed E-state index contributed by atoms with van der Waals surface area (Å²) < 4.78 is 10.4. The molecular formula is C18H25NO4. The lowest BCUT2D eigenvalue weighted by molar-refractivity contribution is -0.150. The lowest BCUT2D eigenvalue weighted by Gasteiger charge is -2.22. The molecule has 5 nitrogen and oxygen atoms in total. The first-order chi connectivity index (χ1) is 11.1. The minimum atomic E-state index is -0.670. The molecule has 1 aliphatic carbocycles. The molecular weight excluding hydrogens is 294 g/mol. The zero-order valence-corrected chi connectivity index (χ0v) is 13.8. The number of amides is 1. The predicted octanol–water partition coefficient (Wildman–Crippen LogP) is 3.08. The highest BCUT2D eigenvalue weighted by molar-refractivity contribution is 5.94. The lowest BCUT2D eigenvalue weighted by Crippen LogP contribution is -2.36. The van der Waals surface area contributed by atoms with Crippen molar-refractivity contribution in [2.75, 3.05) is 6.61 Å². The molecule has 0 radical (unpaired) electrons. The van der Waals surface area contributed by atoms with Crippen LogP contribution in [0.1, 0.15) is 56.3 Å². The number of nitrogens with one attached hydrogen (secondary N) is 1. The van der Waals surface area contributed by atoms with Crippen LogP contribution in [0, 0.1) is 0 Å². The SMILES string of the molecule is CCOC(=O)[C@@H](C)Oc1ccc(C(=O)NC2CCCCC2)cc1. The summed E-state index contributed by atoms with van der Waals surface area (Å²) >= 11 is 0. The Morgan fingerprint density at radius 2 is 1.83 bits per heavy atom. The zero-order chi connectivity index (χ0) is 16.7. The largest absolute Gasteiger partial charge is 0.479 e. The predicted molar refractivity (Wildman–Crippen MR) is 87.5 cm³/mol. The van der Waals surface area contributed by atoms with E-state index in [9.17, 15) is 9.59 Å². The van der Waals surface area contributed by atoms with E-state index in [0.29, 0.717) is 17.9 Å². The topological polar surface area (TPSA) is 64.6 Å². The molecule has 0 unspecified atom stereocenters. The Morgan fingerprint density at radius 1 is 1.17 bits per heavy atom. The maximum Gasteiger partial charge on any atom is 0.347 e. The number of rotatable bonds is 6. The van der Waals surface area contributed by atoms with Crippen molar-refractivity contribution in [1.29, 1.82) is 0 Å². The summed E-state index contributed by atoms with van der Waals surface area (Å²) in [5, 5.41) is 3.08. The Hall–Kier alpha value is -2.04. The second-order valence-corrected chi connectivity index (χ2v) is 5.84. The molecule has 2 rings (SSSR count). The van der Waals surface area contributed by atoms with Gasteiger partial charge in [0.05, 0.1) is 6.61 Å². The van der Waals surface area contributed by atoms with Crippen LogP contribution in [0.2, 0.25) is 0 Å². The first-order valence-electron chi connectivity index (χ1n) is 8.34. The van der Waals surface area contributed by atoms with E-state index in [2.05, 4.69) is 5.32 Å². The molecule has 23 heavy (non-hydrogen) atoms. The number of carbonyl (C=O) groups is 2. The van der Waals surface area contributed by atoms with Gasteiger partial charge in [0.1, 0.15) is 5.75 Å². The quantitative estimate of drug-likeness (QED) is 0.818. The Bertz CT molecular complexity index is 520. The molecule has 1 saturated carbocycles. The van der Waals surface area contributed by atoms with Gasteiger partial charge in [-0.3, -0.25) is 4.79 Å². The molecule has 5 heteroatoms. The van der Waals surface area contributed by atoms with E-state index in [1.807, 2.05) is 0 Å². The average Bonchev–Trinajstić information content (AvgIpc) is 2.56. The molecule has 0 aliphatic heterocycles. The van der Waals surface area contributed by atoms with E-state index < -0.39 is 12.1 Å². The van der Waals surface area contributed by atoms with Gasteiger partial charge in [-0.1, -0.05) is 19.3 Å². The molecule has 1 aromatic rings. The summed E-state index contributed by atoms with van der Waals surface area (Å²) in [4.78, 5) is 23.7. The number of benzene rings is 1. The molecule has 0 aromatic heterocycles. The highest BCUT2D eigenvalue weighted by Crippen LogP contribution is 2.19. The summed E-state index contributed by atoms with van der Waals surface area (Å²) in [6.45, 7) is 3.72. The minimum Gasteiger partial charge on any atom is -0.479 e. The number of carbonyl (C=O) groups excluding carboxylic acids is 2. The number of esters is 1. The molecule has 1 aliphatic rings. The van der Waals surface area contributed by atoms with E-state index in [1.165, 1.54) is 19.3 Å². The van der Waals surface area contributed by atoms with E-state index in [-0.39, 0.29) is 11.9 Å². The number of ether oxygens (including phenoxy) is 2. The van der Waals surface area contributed by atoms with Crippen LogP contribution in [-0.2, 0) is 9.53 Å². The second-order valence-electron chi connectivity index (χ2n) is 5.84. The van der Waals surface area contributed by atoms with Gasteiger partial charge in [0.15, 0.2) is 6.10 Å². The van der Waals surface area contributed by atoms with Crippen molar-refractivity contribution in [2.24, 2.45) is 0 Å². The Labute approximate surface area is 137 Å². The van der Waals surface area contributed by atoms with E-state index in [4.69, 9.17) is 9.47 Å². The van der Waals surface area contributed by atoms with Gasteiger partial charge in [0.25, 0.3) is 5.91 Å². The first kappa shape index (κ1) is 17.3. The fourth-order valence-electron chi connectivity index (χ4n) is 2.71. The molecule has 1 fully saturated rings. The molecule has 0 heterocycles. The van der Waals surface area contributed by atoms with Crippen LogP contribution in [0.25, 0.3) is 0 Å². The van der Waals surface area contributed by atoms with Gasteiger partial charge >= 0.3 is 5.97 Å². The van der Waals surface area contributed by atoms with Gasteiger partial charge in [0.2, 0.25) is 0 Å². The van der Waals surface area contributed by atoms with Gasteiger partial charge in [-0.15, -0.1) is 0 Å². The fourth-order valence-corrected chi connectivity index (χ4v) is 2.71. The summed E-state index contributed by atoms with van der Waals surface area (Å²) in [5.41, 5.74) is 0.603. The summed E-state index contributed by atoms with van der Waals surface area (Å²) in [7, 11) is 0. The van der Waals surface area contributed by atoms with Gasteiger partial charge in [-0.25, -0.2) is 4.79 Å². The van der Waals surface area contributed by atoms with Crippen molar-refractivity contribution in [2.45, 2.75) is 58.1 Å². The Balaban J connectivity index is 1.88. The van der Waals surface area contributed by atoms with E-state index in [0.717, 1.165) is 12.8 Å².